The summed E-state index contributed by atoms with van der Waals surface area (Å²) in [5, 5.41) is 0. The number of hydrogen-bond donors (Lipinski definition) is 1. The second-order valence-electron chi connectivity index (χ2n) is 2.81. The van der Waals surface area contributed by atoms with Crippen molar-refractivity contribution < 1.29 is 8.42 Å². The largest absolute Gasteiger partial charge is 0.240 e. The first-order valence-corrected chi connectivity index (χ1v) is 6.52. The van der Waals surface area contributed by atoms with Gasteiger partial charge in [-0.05, 0) is 24.3 Å². The molecular formula is C10H10BrNO2S. The molecule has 3 nitrogen and oxygen atoms in total. The molecule has 0 radical (unpaired) electrons. The van der Waals surface area contributed by atoms with Gasteiger partial charge in [-0.15, -0.1) is 12.3 Å². The number of rotatable bonds is 4. The molecule has 80 valence electrons. The van der Waals surface area contributed by atoms with Crippen LogP contribution in [0.25, 0.3) is 0 Å². The van der Waals surface area contributed by atoms with Crippen molar-refractivity contribution in [2.45, 2.75) is 11.3 Å². The minimum absolute atomic E-state index is 0.239. The molecule has 1 rings (SSSR count). The third-order valence-corrected chi connectivity index (χ3v) is 3.69. The van der Waals surface area contributed by atoms with Gasteiger partial charge in [-0.2, -0.15) is 0 Å². The molecule has 0 bridgehead atoms. The third-order valence-electron chi connectivity index (χ3n) is 1.69. The van der Waals surface area contributed by atoms with Crippen LogP contribution in [0.1, 0.15) is 6.42 Å². The second-order valence-corrected chi connectivity index (χ2v) is 5.49. The van der Waals surface area contributed by atoms with Gasteiger partial charge in [0.2, 0.25) is 10.0 Å². The summed E-state index contributed by atoms with van der Waals surface area (Å²) in [7, 11) is -3.42. The van der Waals surface area contributed by atoms with Crippen LogP contribution in [0.2, 0.25) is 0 Å². The van der Waals surface area contributed by atoms with Crippen LogP contribution in [0.3, 0.4) is 0 Å². The Morgan fingerprint density at radius 2 is 1.93 bits per heavy atom. The van der Waals surface area contributed by atoms with Gasteiger partial charge in [0, 0.05) is 17.4 Å². The molecule has 0 atom stereocenters. The fourth-order valence-corrected chi connectivity index (χ4v) is 2.25. The van der Waals surface area contributed by atoms with Crippen molar-refractivity contribution in [3.8, 4) is 12.3 Å². The highest BCUT2D eigenvalue weighted by molar-refractivity contribution is 9.10. The maximum Gasteiger partial charge on any atom is 0.240 e. The van der Waals surface area contributed by atoms with Crippen molar-refractivity contribution in [1.29, 1.82) is 0 Å². The lowest BCUT2D eigenvalue weighted by Gasteiger charge is -2.04. The Balaban J connectivity index is 2.79. The van der Waals surface area contributed by atoms with Gasteiger partial charge in [0.25, 0.3) is 0 Å². The van der Waals surface area contributed by atoms with Gasteiger partial charge >= 0.3 is 0 Å². The Kier molecular flexibility index (Phi) is 4.33. The van der Waals surface area contributed by atoms with Crippen molar-refractivity contribution >= 4 is 26.0 Å². The monoisotopic (exact) mass is 287 g/mol. The number of nitrogens with one attached hydrogen (secondary N) is 1. The molecule has 0 fully saturated rings. The van der Waals surface area contributed by atoms with Gasteiger partial charge in [-0.1, -0.05) is 15.9 Å². The molecule has 0 unspecified atom stereocenters. The molecule has 1 aromatic rings. The maximum absolute atomic E-state index is 11.6. The number of terminal acetylenes is 1. The average molecular weight is 288 g/mol. The molecule has 0 aromatic heterocycles. The normalized spacial score (nSPS) is 10.9. The molecule has 15 heavy (non-hydrogen) atoms. The molecule has 0 saturated heterocycles. The van der Waals surface area contributed by atoms with Crippen LogP contribution in [-0.4, -0.2) is 15.0 Å². The standard InChI is InChI=1S/C10H10BrNO2S/c1-2-3-8-12-15(13,14)10-6-4-9(11)5-7-10/h1,4-7,12H,3,8H2. The van der Waals surface area contributed by atoms with Gasteiger partial charge < -0.3 is 0 Å². The van der Waals surface area contributed by atoms with Crippen LogP contribution in [0.4, 0.5) is 0 Å². The van der Waals surface area contributed by atoms with E-state index in [-0.39, 0.29) is 11.4 Å². The van der Waals surface area contributed by atoms with E-state index in [1.165, 1.54) is 12.1 Å². The van der Waals surface area contributed by atoms with Crippen LogP contribution >= 0.6 is 15.9 Å². The number of hydrogen-bond acceptors (Lipinski definition) is 2. The lowest BCUT2D eigenvalue weighted by Crippen LogP contribution is -2.24. The minimum atomic E-state index is -3.42. The first kappa shape index (κ1) is 12.2. The Labute approximate surface area is 98.1 Å². The average Bonchev–Trinajstić information content (AvgIpc) is 2.18. The zero-order valence-electron chi connectivity index (χ0n) is 7.90. The zero-order chi connectivity index (χ0) is 11.3. The Morgan fingerprint density at radius 3 is 2.47 bits per heavy atom. The molecule has 0 spiro atoms. The zero-order valence-corrected chi connectivity index (χ0v) is 10.3. The Bertz CT molecular complexity index is 459. The fourth-order valence-electron chi connectivity index (χ4n) is 0.955. The minimum Gasteiger partial charge on any atom is -0.210 e. The van der Waals surface area contributed by atoms with Crippen molar-refractivity contribution in [2.24, 2.45) is 0 Å². The smallest absolute Gasteiger partial charge is 0.210 e. The predicted molar refractivity (Wildman–Crippen MR) is 62.8 cm³/mol. The molecule has 0 saturated carbocycles. The summed E-state index contributed by atoms with van der Waals surface area (Å²) in [4.78, 5) is 0.239. The SMILES string of the molecule is C#CCCNS(=O)(=O)c1ccc(Br)cc1. The Hall–Kier alpha value is -0.830. The lowest BCUT2D eigenvalue weighted by molar-refractivity contribution is 0.582. The highest BCUT2D eigenvalue weighted by Gasteiger charge is 2.11. The van der Waals surface area contributed by atoms with Crippen LogP contribution in [-0.2, 0) is 10.0 Å². The van der Waals surface area contributed by atoms with Gasteiger partial charge in [0.1, 0.15) is 0 Å². The first-order valence-electron chi connectivity index (χ1n) is 4.25. The molecule has 0 aliphatic rings. The number of halogens is 1. The van der Waals surface area contributed by atoms with Gasteiger partial charge in [-0.25, -0.2) is 13.1 Å². The van der Waals surface area contributed by atoms with E-state index in [0.717, 1.165) is 4.47 Å². The van der Waals surface area contributed by atoms with E-state index in [0.29, 0.717) is 6.42 Å². The molecule has 0 amide bonds. The van der Waals surface area contributed by atoms with Crippen LogP contribution in [0.5, 0.6) is 0 Å². The van der Waals surface area contributed by atoms with Crippen LogP contribution < -0.4 is 4.72 Å². The second kappa shape index (κ2) is 5.31. The van der Waals surface area contributed by atoms with Gasteiger partial charge in [0.05, 0.1) is 4.90 Å². The van der Waals surface area contributed by atoms with Crippen molar-refractivity contribution in [3.05, 3.63) is 28.7 Å². The van der Waals surface area contributed by atoms with E-state index >= 15 is 0 Å². The number of sulfonamides is 1. The third kappa shape index (κ3) is 3.67. The highest BCUT2D eigenvalue weighted by Crippen LogP contribution is 2.14. The summed E-state index contributed by atoms with van der Waals surface area (Å²) >= 11 is 3.23. The molecule has 1 N–H and O–H groups in total. The van der Waals surface area contributed by atoms with E-state index in [2.05, 4.69) is 26.6 Å². The molecule has 5 heteroatoms. The van der Waals surface area contributed by atoms with Crippen molar-refractivity contribution in [3.63, 3.8) is 0 Å². The van der Waals surface area contributed by atoms with Gasteiger partial charge in [-0.3, -0.25) is 0 Å². The van der Waals surface area contributed by atoms with Crippen molar-refractivity contribution in [2.75, 3.05) is 6.54 Å². The quantitative estimate of drug-likeness (QED) is 0.677. The molecule has 1 aromatic carbocycles. The van der Waals surface area contributed by atoms with Gasteiger partial charge in [0.15, 0.2) is 0 Å². The summed E-state index contributed by atoms with van der Waals surface area (Å²) in [5.74, 6) is 2.37. The summed E-state index contributed by atoms with van der Waals surface area (Å²) < 4.78 is 26.5. The molecule has 0 heterocycles. The van der Waals surface area contributed by atoms with Crippen molar-refractivity contribution in [1.82, 2.24) is 4.72 Å². The first-order chi connectivity index (χ1) is 7.06. The van der Waals surface area contributed by atoms with E-state index in [9.17, 15) is 8.42 Å². The highest BCUT2D eigenvalue weighted by atomic mass is 79.9. The van der Waals surface area contributed by atoms with Crippen LogP contribution in [0.15, 0.2) is 33.6 Å². The lowest BCUT2D eigenvalue weighted by atomic mass is 10.4. The van der Waals surface area contributed by atoms with E-state index < -0.39 is 10.0 Å². The topological polar surface area (TPSA) is 46.2 Å². The maximum atomic E-state index is 11.6. The predicted octanol–water partition coefficient (Wildman–Crippen LogP) is 1.75. The van der Waals surface area contributed by atoms with E-state index in [1.807, 2.05) is 0 Å². The van der Waals surface area contributed by atoms with Crippen LogP contribution in [0, 0.1) is 12.3 Å². The fraction of sp³-hybridized carbons (Fsp3) is 0.200. The molecular weight excluding hydrogens is 278 g/mol. The summed E-state index contributed by atoms with van der Waals surface area (Å²) in [6.07, 6.45) is 5.41. The van der Waals surface area contributed by atoms with E-state index in [1.54, 1.807) is 12.1 Å². The molecule has 0 aliphatic heterocycles. The number of benzene rings is 1. The Morgan fingerprint density at radius 1 is 1.33 bits per heavy atom. The summed E-state index contributed by atoms with van der Waals surface area (Å²) in [6, 6.07) is 6.41. The van der Waals surface area contributed by atoms with E-state index in [4.69, 9.17) is 6.42 Å². The summed E-state index contributed by atoms with van der Waals surface area (Å²) in [6.45, 7) is 0.259. The molecule has 0 aliphatic carbocycles. The summed E-state index contributed by atoms with van der Waals surface area (Å²) in [5.41, 5.74) is 0.